The summed E-state index contributed by atoms with van der Waals surface area (Å²) in [6.07, 6.45) is 0. The Kier molecular flexibility index (Phi) is 4.09. The molecule has 0 N–H and O–H groups in total. The van der Waals surface area contributed by atoms with Crippen LogP contribution < -0.4 is 4.90 Å². The summed E-state index contributed by atoms with van der Waals surface area (Å²) in [6, 6.07) is 11.6. The van der Waals surface area contributed by atoms with Crippen LogP contribution in [0.5, 0.6) is 0 Å². The third kappa shape index (κ3) is 2.55. The lowest BCUT2D eigenvalue weighted by molar-refractivity contribution is -0.384. The summed E-state index contributed by atoms with van der Waals surface area (Å²) in [7, 11) is 0. The Balaban J connectivity index is 2.04. The number of carbonyl (C=O) groups is 2. The fourth-order valence-electron chi connectivity index (χ4n) is 2.35. The monoisotopic (exact) mass is 362 g/mol. The van der Waals surface area contributed by atoms with Crippen molar-refractivity contribution in [3.63, 3.8) is 0 Å². The van der Waals surface area contributed by atoms with E-state index < -0.39 is 16.7 Å². The molecule has 0 aromatic heterocycles. The molecule has 0 radical (unpaired) electrons. The standard InChI is InChI=1S/C16H8Cl2N2O4/c17-11-3-1-2-4-12(11)19-15(21)13(14(18)16(19)22)9-5-7-10(8-6-9)20(23)24/h1-8H. The highest BCUT2D eigenvalue weighted by Crippen LogP contribution is 2.37. The Labute approximate surface area is 146 Å². The van der Waals surface area contributed by atoms with E-state index in [1.54, 1.807) is 18.2 Å². The molecule has 1 aliphatic rings. The van der Waals surface area contributed by atoms with Gasteiger partial charge >= 0.3 is 0 Å². The largest absolute Gasteiger partial charge is 0.277 e. The molecule has 0 atom stereocenters. The van der Waals surface area contributed by atoms with Crippen LogP contribution in [-0.2, 0) is 9.59 Å². The number of imide groups is 1. The molecule has 2 aromatic rings. The molecule has 6 nitrogen and oxygen atoms in total. The molecular weight excluding hydrogens is 355 g/mol. The number of para-hydroxylation sites is 1. The highest BCUT2D eigenvalue weighted by atomic mass is 35.5. The van der Waals surface area contributed by atoms with E-state index in [-0.39, 0.29) is 27.0 Å². The second kappa shape index (κ2) is 6.07. The van der Waals surface area contributed by atoms with Crippen LogP contribution >= 0.6 is 23.2 Å². The Morgan fingerprint density at radius 3 is 2.12 bits per heavy atom. The molecule has 0 aliphatic carbocycles. The summed E-state index contributed by atoms with van der Waals surface area (Å²) in [4.78, 5) is 36.1. The highest BCUT2D eigenvalue weighted by molar-refractivity contribution is 6.60. The summed E-state index contributed by atoms with van der Waals surface area (Å²) >= 11 is 12.1. The average Bonchev–Trinajstić information content (AvgIpc) is 2.78. The van der Waals surface area contributed by atoms with Gasteiger partial charge in [-0.05, 0) is 29.8 Å². The number of carbonyl (C=O) groups excluding carboxylic acids is 2. The minimum atomic E-state index is -0.692. The molecule has 2 aromatic carbocycles. The quantitative estimate of drug-likeness (QED) is 0.472. The van der Waals surface area contributed by atoms with Gasteiger partial charge in [0.05, 0.1) is 21.2 Å². The third-order valence-electron chi connectivity index (χ3n) is 3.49. The zero-order chi connectivity index (χ0) is 17.4. The van der Waals surface area contributed by atoms with E-state index in [0.717, 1.165) is 4.90 Å². The fourth-order valence-corrected chi connectivity index (χ4v) is 2.85. The fraction of sp³-hybridized carbons (Fsp3) is 0. The molecule has 0 saturated heterocycles. The summed E-state index contributed by atoms with van der Waals surface area (Å²) in [6.45, 7) is 0. The van der Waals surface area contributed by atoms with Gasteiger partial charge in [0.2, 0.25) is 0 Å². The summed E-state index contributed by atoms with van der Waals surface area (Å²) < 4.78 is 0. The lowest BCUT2D eigenvalue weighted by Gasteiger charge is -2.16. The van der Waals surface area contributed by atoms with E-state index >= 15 is 0 Å². The van der Waals surface area contributed by atoms with Gasteiger partial charge < -0.3 is 0 Å². The second-order valence-electron chi connectivity index (χ2n) is 4.89. The number of nitro benzene ring substituents is 1. The second-order valence-corrected chi connectivity index (χ2v) is 5.68. The number of nitrogens with zero attached hydrogens (tertiary/aromatic N) is 2. The van der Waals surface area contributed by atoms with Crippen LogP contribution in [0.15, 0.2) is 53.6 Å². The van der Waals surface area contributed by atoms with E-state index in [9.17, 15) is 19.7 Å². The predicted octanol–water partition coefficient (Wildman–Crippen LogP) is 3.77. The number of hydrogen-bond donors (Lipinski definition) is 0. The van der Waals surface area contributed by atoms with Gasteiger partial charge in [-0.15, -0.1) is 0 Å². The lowest BCUT2D eigenvalue weighted by atomic mass is 10.1. The van der Waals surface area contributed by atoms with E-state index in [0.29, 0.717) is 5.56 Å². The van der Waals surface area contributed by atoms with Crippen molar-refractivity contribution in [1.82, 2.24) is 0 Å². The molecule has 2 amide bonds. The van der Waals surface area contributed by atoms with Crippen LogP contribution in [0.1, 0.15) is 5.56 Å². The first kappa shape index (κ1) is 16.2. The molecule has 0 fully saturated rings. The summed E-state index contributed by atoms with van der Waals surface area (Å²) in [5.41, 5.74) is 0.398. The Morgan fingerprint density at radius 2 is 1.54 bits per heavy atom. The van der Waals surface area contributed by atoms with Crippen molar-refractivity contribution in [2.24, 2.45) is 0 Å². The number of hydrogen-bond acceptors (Lipinski definition) is 4. The molecule has 1 heterocycles. The van der Waals surface area contributed by atoms with Crippen molar-refractivity contribution in [2.75, 3.05) is 4.90 Å². The van der Waals surface area contributed by atoms with Gasteiger partial charge in [0.25, 0.3) is 17.5 Å². The Bertz CT molecular complexity index is 907. The first-order chi connectivity index (χ1) is 11.4. The van der Waals surface area contributed by atoms with Crippen LogP contribution in [-0.4, -0.2) is 16.7 Å². The van der Waals surface area contributed by atoms with Crippen LogP contribution in [0.2, 0.25) is 5.02 Å². The number of amides is 2. The van der Waals surface area contributed by atoms with Gasteiger partial charge in [-0.1, -0.05) is 35.3 Å². The molecule has 0 bridgehead atoms. The molecule has 0 unspecified atom stereocenters. The van der Waals surface area contributed by atoms with E-state index in [2.05, 4.69) is 0 Å². The molecule has 1 aliphatic heterocycles. The number of rotatable bonds is 3. The van der Waals surface area contributed by atoms with E-state index in [1.165, 1.54) is 30.3 Å². The van der Waals surface area contributed by atoms with Gasteiger partial charge in [-0.3, -0.25) is 19.7 Å². The van der Waals surface area contributed by atoms with Crippen molar-refractivity contribution in [3.05, 3.63) is 74.3 Å². The number of halogens is 2. The van der Waals surface area contributed by atoms with Crippen molar-refractivity contribution in [1.29, 1.82) is 0 Å². The maximum Gasteiger partial charge on any atom is 0.277 e. The van der Waals surface area contributed by atoms with Crippen LogP contribution in [0, 0.1) is 10.1 Å². The molecule has 0 saturated carbocycles. The third-order valence-corrected chi connectivity index (χ3v) is 4.16. The first-order valence-corrected chi connectivity index (χ1v) is 7.45. The van der Waals surface area contributed by atoms with Crippen molar-refractivity contribution in [3.8, 4) is 0 Å². The van der Waals surface area contributed by atoms with Crippen molar-refractivity contribution >= 4 is 52.0 Å². The minimum Gasteiger partial charge on any atom is -0.268 e. The number of nitro groups is 1. The van der Waals surface area contributed by atoms with Gasteiger partial charge in [0.1, 0.15) is 5.03 Å². The zero-order valence-electron chi connectivity index (χ0n) is 11.9. The smallest absolute Gasteiger partial charge is 0.268 e. The highest BCUT2D eigenvalue weighted by Gasteiger charge is 2.40. The number of anilines is 1. The maximum atomic E-state index is 12.7. The molecule has 0 spiro atoms. The van der Waals surface area contributed by atoms with Gasteiger partial charge in [0, 0.05) is 12.1 Å². The maximum absolute atomic E-state index is 12.7. The normalized spacial score (nSPS) is 14.5. The Morgan fingerprint density at radius 1 is 0.917 bits per heavy atom. The van der Waals surface area contributed by atoms with Crippen LogP contribution in [0.4, 0.5) is 11.4 Å². The molecule has 3 rings (SSSR count). The molecule has 120 valence electrons. The van der Waals surface area contributed by atoms with Gasteiger partial charge in [-0.2, -0.15) is 0 Å². The summed E-state index contributed by atoms with van der Waals surface area (Å²) in [5.74, 6) is -1.32. The predicted molar refractivity (Wildman–Crippen MR) is 89.8 cm³/mol. The average molecular weight is 363 g/mol. The Hall–Kier alpha value is -2.70. The van der Waals surface area contributed by atoms with Crippen LogP contribution in [0.3, 0.4) is 0 Å². The topological polar surface area (TPSA) is 80.5 Å². The van der Waals surface area contributed by atoms with Crippen molar-refractivity contribution < 1.29 is 14.5 Å². The molecule has 24 heavy (non-hydrogen) atoms. The first-order valence-electron chi connectivity index (χ1n) is 6.69. The molecule has 8 heteroatoms. The zero-order valence-corrected chi connectivity index (χ0v) is 13.4. The van der Waals surface area contributed by atoms with Crippen LogP contribution in [0.25, 0.3) is 5.57 Å². The number of benzene rings is 2. The molecular formula is C16H8Cl2N2O4. The van der Waals surface area contributed by atoms with E-state index in [1.807, 2.05) is 0 Å². The minimum absolute atomic E-state index is 0.0171. The summed E-state index contributed by atoms with van der Waals surface area (Å²) in [5, 5.41) is 10.7. The van der Waals surface area contributed by atoms with Crippen molar-refractivity contribution in [2.45, 2.75) is 0 Å². The lowest BCUT2D eigenvalue weighted by Crippen LogP contribution is -2.31. The van der Waals surface area contributed by atoms with Gasteiger partial charge in [-0.25, -0.2) is 4.90 Å². The SMILES string of the molecule is O=C1C(Cl)=C(c2ccc([N+](=O)[O-])cc2)C(=O)N1c1ccccc1Cl. The number of non-ortho nitro benzene ring substituents is 1. The van der Waals surface area contributed by atoms with Gasteiger partial charge in [0.15, 0.2) is 0 Å². The van der Waals surface area contributed by atoms with E-state index in [4.69, 9.17) is 23.2 Å².